The summed E-state index contributed by atoms with van der Waals surface area (Å²) in [5.74, 6) is -0.319. The Balaban J connectivity index is 2.55. The number of benzene rings is 1. The van der Waals surface area contributed by atoms with Crippen molar-refractivity contribution in [3.63, 3.8) is 0 Å². The van der Waals surface area contributed by atoms with E-state index in [1.165, 1.54) is 5.56 Å². The second kappa shape index (κ2) is 3.85. The fourth-order valence-electron chi connectivity index (χ4n) is 2.68. The monoisotopic (exact) mass is 216 g/mol. The van der Waals surface area contributed by atoms with E-state index in [-0.39, 0.29) is 11.6 Å². The summed E-state index contributed by atoms with van der Waals surface area (Å²) in [6, 6.07) is 4.09. The fraction of sp³-hybridized carbons (Fsp3) is 0.429. The molecule has 84 valence electrons. The van der Waals surface area contributed by atoms with Crippen LogP contribution in [0.15, 0.2) is 12.1 Å². The second-order valence-electron chi connectivity index (χ2n) is 4.68. The van der Waals surface area contributed by atoms with E-state index in [2.05, 4.69) is 0 Å². The third-order valence-electron chi connectivity index (χ3n) is 3.29. The molecule has 2 nitrogen and oxygen atoms in total. The Kier molecular flexibility index (Phi) is 2.66. The van der Waals surface area contributed by atoms with Crippen LogP contribution >= 0.6 is 0 Å². The topological polar surface area (TPSA) is 34.1 Å². The predicted octanol–water partition coefficient (Wildman–Crippen LogP) is 2.63. The van der Waals surface area contributed by atoms with Gasteiger partial charge in [-0.25, -0.2) is 0 Å². The van der Waals surface area contributed by atoms with E-state index >= 15 is 0 Å². The number of hydrogen-bond acceptors (Lipinski definition) is 2. The molecule has 0 aromatic heterocycles. The lowest BCUT2D eigenvalue weighted by molar-refractivity contribution is -0.123. The van der Waals surface area contributed by atoms with Crippen molar-refractivity contribution in [1.29, 1.82) is 0 Å². The van der Waals surface area contributed by atoms with E-state index in [0.29, 0.717) is 12.8 Å². The van der Waals surface area contributed by atoms with Gasteiger partial charge in [-0.2, -0.15) is 0 Å². The molecule has 1 aliphatic carbocycles. The average Bonchev–Trinajstić information content (AvgIpc) is 2.47. The van der Waals surface area contributed by atoms with Crippen LogP contribution in [0.1, 0.15) is 41.0 Å². The van der Waals surface area contributed by atoms with Crippen LogP contribution in [-0.2, 0) is 9.59 Å². The second-order valence-corrected chi connectivity index (χ2v) is 4.68. The molecule has 1 aromatic carbocycles. The van der Waals surface area contributed by atoms with Crippen molar-refractivity contribution in [2.45, 2.75) is 39.5 Å². The van der Waals surface area contributed by atoms with Crippen LogP contribution in [0.5, 0.6) is 0 Å². The average molecular weight is 216 g/mol. The van der Waals surface area contributed by atoms with E-state index in [0.717, 1.165) is 16.7 Å². The van der Waals surface area contributed by atoms with E-state index < -0.39 is 5.92 Å². The van der Waals surface area contributed by atoms with Crippen molar-refractivity contribution in [3.8, 4) is 0 Å². The van der Waals surface area contributed by atoms with Gasteiger partial charge in [0.2, 0.25) is 0 Å². The highest BCUT2D eigenvalue weighted by Crippen LogP contribution is 2.33. The molecule has 1 fully saturated rings. The molecule has 0 aliphatic heterocycles. The van der Waals surface area contributed by atoms with Crippen molar-refractivity contribution in [2.24, 2.45) is 0 Å². The number of Topliss-reactive ketones (excluding diaryl/α,β-unsaturated/α-hetero) is 2. The lowest BCUT2D eigenvalue weighted by Gasteiger charge is -2.15. The first kappa shape index (κ1) is 11.1. The van der Waals surface area contributed by atoms with E-state index in [9.17, 15) is 9.59 Å². The van der Waals surface area contributed by atoms with E-state index in [1.54, 1.807) is 0 Å². The quantitative estimate of drug-likeness (QED) is 0.676. The minimum absolute atomic E-state index is 0.0834. The minimum Gasteiger partial charge on any atom is -0.299 e. The van der Waals surface area contributed by atoms with Crippen LogP contribution in [0.4, 0.5) is 0 Å². The molecule has 0 spiro atoms. The Morgan fingerprint density at radius 1 is 0.938 bits per heavy atom. The first-order chi connectivity index (χ1) is 7.50. The van der Waals surface area contributed by atoms with Gasteiger partial charge in [0, 0.05) is 12.8 Å². The number of ketones is 2. The van der Waals surface area contributed by atoms with E-state index in [4.69, 9.17) is 0 Å². The third-order valence-corrected chi connectivity index (χ3v) is 3.29. The molecule has 1 saturated carbocycles. The number of carbonyl (C=O) groups is 2. The molecule has 1 aliphatic rings. The molecule has 0 atom stereocenters. The molecule has 2 rings (SSSR count). The first-order valence-corrected chi connectivity index (χ1v) is 5.64. The van der Waals surface area contributed by atoms with Gasteiger partial charge in [0.25, 0.3) is 0 Å². The van der Waals surface area contributed by atoms with Crippen LogP contribution in [0, 0.1) is 20.8 Å². The summed E-state index contributed by atoms with van der Waals surface area (Å²) in [5, 5.41) is 0. The molecule has 0 bridgehead atoms. The Labute approximate surface area is 95.7 Å². The van der Waals surface area contributed by atoms with Crippen LogP contribution in [0.2, 0.25) is 0 Å². The van der Waals surface area contributed by atoms with Crippen molar-refractivity contribution in [1.82, 2.24) is 0 Å². The van der Waals surface area contributed by atoms with Crippen LogP contribution in [-0.4, -0.2) is 11.6 Å². The predicted molar refractivity (Wildman–Crippen MR) is 62.6 cm³/mol. The van der Waals surface area contributed by atoms with Gasteiger partial charge in [0.15, 0.2) is 0 Å². The van der Waals surface area contributed by atoms with E-state index in [1.807, 2.05) is 32.9 Å². The molecule has 0 unspecified atom stereocenters. The first-order valence-electron chi connectivity index (χ1n) is 5.64. The normalized spacial score (nSPS) is 17.2. The van der Waals surface area contributed by atoms with Crippen LogP contribution in [0.25, 0.3) is 0 Å². The number of hydrogen-bond donors (Lipinski definition) is 0. The zero-order chi connectivity index (χ0) is 11.9. The van der Waals surface area contributed by atoms with Crippen molar-refractivity contribution >= 4 is 11.6 Å². The summed E-state index contributed by atoms with van der Waals surface area (Å²) in [5.41, 5.74) is 4.24. The number of rotatable bonds is 1. The Morgan fingerprint density at radius 3 is 1.81 bits per heavy atom. The molecule has 0 amide bonds. The zero-order valence-electron chi connectivity index (χ0n) is 9.96. The van der Waals surface area contributed by atoms with Crippen molar-refractivity contribution in [2.75, 3.05) is 0 Å². The molecule has 0 N–H and O–H groups in total. The Hall–Kier alpha value is -1.44. The molecule has 16 heavy (non-hydrogen) atoms. The standard InChI is InChI=1S/C14H16O2/c1-8-6-9(2)13(10(3)7-8)14-11(15)4-5-12(14)16/h6-7,14H,4-5H2,1-3H3. The molecular formula is C14H16O2. The van der Waals surface area contributed by atoms with Gasteiger partial charge in [0.05, 0.1) is 0 Å². The van der Waals surface area contributed by atoms with Gasteiger partial charge < -0.3 is 0 Å². The summed E-state index contributed by atoms with van der Waals surface area (Å²) in [6.07, 6.45) is 0.826. The maximum atomic E-state index is 11.8. The molecule has 1 aromatic rings. The van der Waals surface area contributed by atoms with Gasteiger partial charge in [-0.1, -0.05) is 17.7 Å². The lowest BCUT2D eigenvalue weighted by Crippen LogP contribution is -2.15. The summed E-state index contributed by atoms with van der Waals surface area (Å²) in [4.78, 5) is 23.5. The molecule has 0 heterocycles. The van der Waals surface area contributed by atoms with Crippen molar-refractivity contribution < 1.29 is 9.59 Å². The maximum absolute atomic E-state index is 11.8. The fourth-order valence-corrected chi connectivity index (χ4v) is 2.68. The highest BCUT2D eigenvalue weighted by Gasteiger charge is 2.35. The number of aryl methyl sites for hydroxylation is 3. The van der Waals surface area contributed by atoms with Gasteiger partial charge in [-0.05, 0) is 37.5 Å². The largest absolute Gasteiger partial charge is 0.299 e. The molecule has 0 radical (unpaired) electrons. The Morgan fingerprint density at radius 2 is 1.38 bits per heavy atom. The highest BCUT2D eigenvalue weighted by molar-refractivity contribution is 6.13. The minimum atomic E-state index is -0.486. The van der Waals surface area contributed by atoms with Crippen LogP contribution < -0.4 is 0 Å². The smallest absolute Gasteiger partial charge is 0.148 e. The zero-order valence-corrected chi connectivity index (χ0v) is 9.96. The SMILES string of the molecule is Cc1cc(C)c(C2C(=O)CCC2=O)c(C)c1. The van der Waals surface area contributed by atoms with Gasteiger partial charge in [-0.15, -0.1) is 0 Å². The van der Waals surface area contributed by atoms with Crippen molar-refractivity contribution in [3.05, 3.63) is 34.4 Å². The third kappa shape index (κ3) is 1.69. The van der Waals surface area contributed by atoms with Gasteiger partial charge in [-0.3, -0.25) is 9.59 Å². The number of carbonyl (C=O) groups excluding carboxylic acids is 2. The summed E-state index contributed by atoms with van der Waals surface area (Å²) in [7, 11) is 0. The molecule has 2 heteroatoms. The summed E-state index contributed by atoms with van der Waals surface area (Å²) < 4.78 is 0. The molecule has 0 saturated heterocycles. The lowest BCUT2D eigenvalue weighted by atomic mass is 9.87. The summed E-state index contributed by atoms with van der Waals surface area (Å²) >= 11 is 0. The highest BCUT2D eigenvalue weighted by atomic mass is 16.2. The van der Waals surface area contributed by atoms with Gasteiger partial charge in [0.1, 0.15) is 17.5 Å². The summed E-state index contributed by atoms with van der Waals surface area (Å²) in [6.45, 7) is 5.99. The Bertz CT molecular complexity index is 433. The maximum Gasteiger partial charge on any atom is 0.148 e. The van der Waals surface area contributed by atoms with Crippen LogP contribution in [0.3, 0.4) is 0 Å². The molecular weight excluding hydrogens is 200 g/mol. The van der Waals surface area contributed by atoms with Gasteiger partial charge >= 0.3 is 0 Å².